The first kappa shape index (κ1) is 13.2. The average Bonchev–Trinajstić information content (AvgIpc) is 2.43. The average molecular weight is 257 g/mol. The molecule has 5 heteroatoms. The molecular weight excluding hydrogens is 242 g/mol. The van der Waals surface area contributed by atoms with E-state index in [1.54, 1.807) is 13.8 Å². The van der Waals surface area contributed by atoms with Crippen LogP contribution in [-0.2, 0) is 6.61 Å². The zero-order chi connectivity index (χ0) is 13.8. The van der Waals surface area contributed by atoms with Gasteiger partial charge in [-0.15, -0.1) is 10.2 Å². The van der Waals surface area contributed by atoms with Gasteiger partial charge in [0.2, 0.25) is 0 Å². The summed E-state index contributed by atoms with van der Waals surface area (Å²) in [5, 5.41) is 27.2. The van der Waals surface area contributed by atoms with Crippen LogP contribution in [0.4, 0.5) is 11.5 Å². The fourth-order valence-corrected chi connectivity index (χ4v) is 1.72. The summed E-state index contributed by atoms with van der Waals surface area (Å²) >= 11 is 0. The fraction of sp³-hybridized carbons (Fsp3) is 0.214. The van der Waals surface area contributed by atoms with Crippen molar-refractivity contribution >= 4 is 11.5 Å². The highest BCUT2D eigenvalue weighted by atomic mass is 16.3. The van der Waals surface area contributed by atoms with Crippen LogP contribution < -0.4 is 0 Å². The maximum Gasteiger partial charge on any atom is 0.178 e. The minimum atomic E-state index is -0.255. The van der Waals surface area contributed by atoms with Gasteiger partial charge in [0.15, 0.2) is 5.82 Å². The molecule has 0 aliphatic heterocycles. The molecule has 0 aliphatic carbocycles. The highest BCUT2D eigenvalue weighted by molar-refractivity contribution is 5.51. The van der Waals surface area contributed by atoms with Gasteiger partial charge in [-0.3, -0.25) is 0 Å². The van der Waals surface area contributed by atoms with Crippen LogP contribution in [0.25, 0.3) is 0 Å². The number of aromatic nitrogens is 1. The third kappa shape index (κ3) is 2.77. The predicted molar refractivity (Wildman–Crippen MR) is 71.9 cm³/mol. The van der Waals surface area contributed by atoms with Crippen LogP contribution in [0.1, 0.15) is 16.8 Å². The Kier molecular flexibility index (Phi) is 3.87. The molecule has 98 valence electrons. The number of pyridine rings is 1. The van der Waals surface area contributed by atoms with E-state index in [2.05, 4.69) is 15.2 Å². The third-order valence-electron chi connectivity index (χ3n) is 2.86. The van der Waals surface area contributed by atoms with E-state index >= 15 is 0 Å². The third-order valence-corrected chi connectivity index (χ3v) is 2.86. The number of aliphatic hydroxyl groups excluding tert-OH is 1. The van der Waals surface area contributed by atoms with E-state index in [4.69, 9.17) is 0 Å². The summed E-state index contributed by atoms with van der Waals surface area (Å²) in [7, 11) is 0. The zero-order valence-electron chi connectivity index (χ0n) is 10.8. The number of hydrogen-bond donors (Lipinski definition) is 2. The van der Waals surface area contributed by atoms with Crippen LogP contribution in [0.3, 0.4) is 0 Å². The van der Waals surface area contributed by atoms with Crippen molar-refractivity contribution in [1.82, 2.24) is 4.98 Å². The van der Waals surface area contributed by atoms with Gasteiger partial charge in [-0.05, 0) is 26.0 Å². The molecule has 5 nitrogen and oxygen atoms in total. The molecule has 0 atom stereocenters. The minimum Gasteiger partial charge on any atom is -0.506 e. The maximum absolute atomic E-state index is 9.79. The van der Waals surface area contributed by atoms with Gasteiger partial charge >= 0.3 is 0 Å². The summed E-state index contributed by atoms with van der Waals surface area (Å²) < 4.78 is 0. The van der Waals surface area contributed by atoms with E-state index in [-0.39, 0.29) is 12.4 Å². The first-order valence-electron chi connectivity index (χ1n) is 5.90. The van der Waals surface area contributed by atoms with Gasteiger partial charge in [0.25, 0.3) is 0 Å². The first-order chi connectivity index (χ1) is 9.13. The van der Waals surface area contributed by atoms with E-state index in [9.17, 15) is 10.2 Å². The Morgan fingerprint density at radius 1 is 1.11 bits per heavy atom. The monoisotopic (exact) mass is 257 g/mol. The Bertz CT molecular complexity index is 610. The van der Waals surface area contributed by atoms with Crippen LogP contribution in [0, 0.1) is 13.8 Å². The molecule has 2 aromatic rings. The molecule has 0 bridgehead atoms. The van der Waals surface area contributed by atoms with E-state index in [0.717, 1.165) is 5.69 Å². The molecule has 0 saturated heterocycles. The van der Waals surface area contributed by atoms with Gasteiger partial charge in [0.1, 0.15) is 5.75 Å². The molecule has 2 rings (SSSR count). The van der Waals surface area contributed by atoms with Gasteiger partial charge in [0, 0.05) is 11.1 Å². The Morgan fingerprint density at radius 2 is 1.79 bits per heavy atom. The maximum atomic E-state index is 9.79. The zero-order valence-corrected chi connectivity index (χ0v) is 10.8. The van der Waals surface area contributed by atoms with Crippen LogP contribution in [-0.4, -0.2) is 15.2 Å². The van der Waals surface area contributed by atoms with Crippen molar-refractivity contribution in [2.75, 3.05) is 0 Å². The molecule has 0 amide bonds. The number of hydrogen-bond acceptors (Lipinski definition) is 5. The molecule has 0 saturated carbocycles. The van der Waals surface area contributed by atoms with Crippen molar-refractivity contribution in [3.05, 3.63) is 47.2 Å². The summed E-state index contributed by atoms with van der Waals surface area (Å²) in [5.74, 6) is 0.418. The van der Waals surface area contributed by atoms with Crippen molar-refractivity contribution in [3.8, 4) is 5.75 Å². The van der Waals surface area contributed by atoms with E-state index in [1.165, 1.54) is 0 Å². The highest BCUT2D eigenvalue weighted by Crippen LogP contribution is 2.30. The van der Waals surface area contributed by atoms with Gasteiger partial charge in [0.05, 0.1) is 18.0 Å². The summed E-state index contributed by atoms with van der Waals surface area (Å²) in [6, 6.07) is 9.31. The number of azo groups is 1. The van der Waals surface area contributed by atoms with Crippen LogP contribution in [0.15, 0.2) is 40.6 Å². The molecule has 2 N–H and O–H groups in total. The number of aromatic hydroxyl groups is 1. The van der Waals surface area contributed by atoms with Crippen molar-refractivity contribution in [1.29, 1.82) is 0 Å². The minimum absolute atomic E-state index is 0.0126. The second-order valence-corrected chi connectivity index (χ2v) is 4.17. The first-order valence-corrected chi connectivity index (χ1v) is 5.90. The Hall–Kier alpha value is -2.27. The molecule has 0 fully saturated rings. The Labute approximate surface area is 111 Å². The summed E-state index contributed by atoms with van der Waals surface area (Å²) in [6.07, 6.45) is 0. The second kappa shape index (κ2) is 5.58. The van der Waals surface area contributed by atoms with Crippen LogP contribution in [0.5, 0.6) is 5.75 Å². The van der Waals surface area contributed by atoms with E-state index in [1.807, 2.05) is 30.3 Å². The quantitative estimate of drug-likeness (QED) is 0.828. The summed E-state index contributed by atoms with van der Waals surface area (Å²) in [5.41, 5.74) is 2.22. The Morgan fingerprint density at radius 3 is 2.42 bits per heavy atom. The SMILES string of the molecule is Cc1nc(N=Nc2ccccc2)c(C)c(CO)c1O. The second-order valence-electron chi connectivity index (χ2n) is 4.17. The number of rotatable bonds is 3. The van der Waals surface area contributed by atoms with Crippen LogP contribution in [0.2, 0.25) is 0 Å². The molecule has 1 aromatic carbocycles. The molecule has 0 aliphatic rings. The van der Waals surface area contributed by atoms with Crippen molar-refractivity contribution in [3.63, 3.8) is 0 Å². The summed E-state index contributed by atoms with van der Waals surface area (Å²) in [4.78, 5) is 4.17. The lowest BCUT2D eigenvalue weighted by Gasteiger charge is -2.09. The van der Waals surface area contributed by atoms with Crippen LogP contribution >= 0.6 is 0 Å². The number of aryl methyl sites for hydroxylation is 1. The molecular formula is C14H15N3O2. The number of aliphatic hydroxyl groups is 1. The standard InChI is InChI=1S/C14H15N3O2/c1-9-12(8-18)13(19)10(2)15-14(9)17-16-11-6-4-3-5-7-11/h3-7,18-19H,8H2,1-2H3. The molecule has 1 heterocycles. The van der Waals surface area contributed by atoms with Gasteiger partial charge in [-0.25, -0.2) is 4.98 Å². The van der Waals surface area contributed by atoms with Gasteiger partial charge < -0.3 is 10.2 Å². The normalized spacial score (nSPS) is 11.1. The fourth-order valence-electron chi connectivity index (χ4n) is 1.72. The van der Waals surface area contributed by atoms with E-state index < -0.39 is 0 Å². The van der Waals surface area contributed by atoms with E-state index in [0.29, 0.717) is 22.6 Å². The summed E-state index contributed by atoms with van der Waals surface area (Å²) in [6.45, 7) is 3.15. The highest BCUT2D eigenvalue weighted by Gasteiger charge is 2.13. The molecule has 0 radical (unpaired) electrons. The molecule has 0 spiro atoms. The smallest absolute Gasteiger partial charge is 0.178 e. The lowest BCUT2D eigenvalue weighted by Crippen LogP contribution is -1.95. The van der Waals surface area contributed by atoms with Gasteiger partial charge in [-0.1, -0.05) is 18.2 Å². The largest absolute Gasteiger partial charge is 0.506 e. The van der Waals surface area contributed by atoms with Crippen molar-refractivity contribution in [2.24, 2.45) is 10.2 Å². The van der Waals surface area contributed by atoms with Crippen molar-refractivity contribution in [2.45, 2.75) is 20.5 Å². The number of nitrogens with zero attached hydrogens (tertiary/aromatic N) is 3. The number of benzene rings is 1. The van der Waals surface area contributed by atoms with Gasteiger partial charge in [-0.2, -0.15) is 0 Å². The molecule has 1 aromatic heterocycles. The lowest BCUT2D eigenvalue weighted by molar-refractivity contribution is 0.274. The lowest BCUT2D eigenvalue weighted by atomic mass is 10.1. The predicted octanol–water partition coefficient (Wildman–Crippen LogP) is 3.31. The Balaban J connectivity index is 2.41. The topological polar surface area (TPSA) is 78.1 Å². The van der Waals surface area contributed by atoms with Crippen molar-refractivity contribution < 1.29 is 10.2 Å². The molecule has 0 unspecified atom stereocenters. The molecule has 19 heavy (non-hydrogen) atoms.